The van der Waals surface area contributed by atoms with Crippen LogP contribution in [-0.4, -0.2) is 38.9 Å². The molecule has 1 atom stereocenters. The zero-order chi connectivity index (χ0) is 17.2. The van der Waals surface area contributed by atoms with Gasteiger partial charge in [-0.05, 0) is 23.8 Å². The Kier molecular flexibility index (Phi) is 4.39. The Balaban J connectivity index is 1.91. The number of hydrogen-bond acceptors (Lipinski definition) is 4. The lowest BCUT2D eigenvalue weighted by Crippen LogP contribution is -2.41. The lowest BCUT2D eigenvalue weighted by molar-refractivity contribution is -0.200. The fourth-order valence-electron chi connectivity index (χ4n) is 2.34. The third-order valence-electron chi connectivity index (χ3n) is 3.54. The summed E-state index contributed by atoms with van der Waals surface area (Å²) in [6, 6.07) is 10.6. The van der Waals surface area contributed by atoms with Gasteiger partial charge in [0.2, 0.25) is 5.95 Å². The van der Waals surface area contributed by atoms with Gasteiger partial charge >= 0.3 is 6.18 Å². The topological polar surface area (TPSA) is 65.0 Å². The van der Waals surface area contributed by atoms with Gasteiger partial charge < -0.3 is 15.0 Å². The zero-order valence-corrected chi connectivity index (χ0v) is 12.5. The molecule has 126 valence electrons. The standard InChI is InChI=1S/C16H15F3N4O/c17-16(18,19)14(24)10-23(9-11-4-3-7-20-8-11)15-21-12-5-1-2-6-13(12)22-15/h1-8,14,24H,9-10H2,(H,21,22)/t14-/m0/s1. The van der Waals surface area contributed by atoms with Crippen LogP contribution in [0.1, 0.15) is 5.56 Å². The molecule has 0 spiro atoms. The molecule has 2 N–H and O–H groups in total. The van der Waals surface area contributed by atoms with Crippen molar-refractivity contribution >= 4 is 17.0 Å². The molecule has 0 radical (unpaired) electrons. The van der Waals surface area contributed by atoms with Gasteiger partial charge in [-0.25, -0.2) is 4.98 Å². The number of para-hydroxylation sites is 2. The number of fused-ring (bicyclic) bond motifs is 1. The number of anilines is 1. The van der Waals surface area contributed by atoms with Gasteiger partial charge in [0, 0.05) is 18.9 Å². The Hall–Kier alpha value is -2.61. The predicted molar refractivity (Wildman–Crippen MR) is 83.4 cm³/mol. The van der Waals surface area contributed by atoms with E-state index in [0.717, 1.165) is 0 Å². The molecule has 0 aliphatic rings. The Morgan fingerprint density at radius 1 is 1.17 bits per heavy atom. The molecule has 3 aromatic rings. The van der Waals surface area contributed by atoms with Gasteiger partial charge in [0.15, 0.2) is 6.10 Å². The van der Waals surface area contributed by atoms with Crippen molar-refractivity contribution in [3.8, 4) is 0 Å². The first-order valence-corrected chi connectivity index (χ1v) is 7.27. The van der Waals surface area contributed by atoms with Crippen molar-refractivity contribution in [3.05, 3.63) is 54.4 Å². The molecular weight excluding hydrogens is 321 g/mol. The fraction of sp³-hybridized carbons (Fsp3) is 0.250. The number of H-pyrrole nitrogens is 1. The summed E-state index contributed by atoms with van der Waals surface area (Å²) in [5.74, 6) is 0.267. The highest BCUT2D eigenvalue weighted by molar-refractivity contribution is 5.77. The first kappa shape index (κ1) is 16.3. The quantitative estimate of drug-likeness (QED) is 0.752. The second-order valence-electron chi connectivity index (χ2n) is 5.38. The molecule has 2 heterocycles. The number of rotatable bonds is 5. The number of aliphatic hydroxyl groups is 1. The van der Waals surface area contributed by atoms with E-state index >= 15 is 0 Å². The highest BCUT2D eigenvalue weighted by atomic mass is 19.4. The number of nitrogens with zero attached hydrogens (tertiary/aromatic N) is 3. The van der Waals surface area contributed by atoms with Crippen molar-refractivity contribution in [1.82, 2.24) is 15.0 Å². The SMILES string of the molecule is O[C@@H](CN(Cc1cccnc1)c1nc2ccccc2[nH]1)C(F)(F)F. The monoisotopic (exact) mass is 336 g/mol. The molecule has 0 unspecified atom stereocenters. The summed E-state index contributed by atoms with van der Waals surface area (Å²) in [5, 5.41) is 9.45. The fourth-order valence-corrected chi connectivity index (χ4v) is 2.34. The summed E-state index contributed by atoms with van der Waals surface area (Å²) in [5.41, 5.74) is 2.07. The van der Waals surface area contributed by atoms with E-state index < -0.39 is 18.8 Å². The number of imidazole rings is 1. The van der Waals surface area contributed by atoms with Gasteiger partial charge in [-0.3, -0.25) is 4.98 Å². The number of aromatic amines is 1. The molecule has 1 aromatic carbocycles. The molecule has 3 rings (SSSR count). The van der Waals surface area contributed by atoms with E-state index in [2.05, 4.69) is 15.0 Å². The minimum atomic E-state index is -4.70. The molecule has 0 aliphatic carbocycles. The number of alkyl halides is 3. The lowest BCUT2D eigenvalue weighted by Gasteiger charge is -2.25. The maximum absolute atomic E-state index is 12.7. The number of benzene rings is 1. The number of aromatic nitrogens is 3. The van der Waals surface area contributed by atoms with Crippen LogP contribution in [0, 0.1) is 0 Å². The van der Waals surface area contributed by atoms with E-state index in [1.165, 1.54) is 4.90 Å². The minimum Gasteiger partial charge on any atom is -0.382 e. The second-order valence-corrected chi connectivity index (χ2v) is 5.38. The van der Waals surface area contributed by atoms with Crippen molar-refractivity contribution in [2.75, 3.05) is 11.4 Å². The molecule has 0 aliphatic heterocycles. The number of nitrogens with one attached hydrogen (secondary N) is 1. The summed E-state index contributed by atoms with van der Waals surface area (Å²) in [6.45, 7) is -0.487. The van der Waals surface area contributed by atoms with Crippen molar-refractivity contribution in [2.24, 2.45) is 0 Å². The van der Waals surface area contributed by atoms with E-state index in [-0.39, 0.29) is 12.5 Å². The largest absolute Gasteiger partial charge is 0.416 e. The normalized spacial score (nSPS) is 13.2. The Morgan fingerprint density at radius 2 is 1.96 bits per heavy atom. The average molecular weight is 336 g/mol. The highest BCUT2D eigenvalue weighted by Gasteiger charge is 2.39. The Labute approximate surface area is 135 Å². The molecule has 24 heavy (non-hydrogen) atoms. The summed E-state index contributed by atoms with van der Waals surface area (Å²) < 4.78 is 38.2. The molecular formula is C16H15F3N4O. The Bertz CT molecular complexity index is 771. The molecule has 2 aromatic heterocycles. The average Bonchev–Trinajstić information content (AvgIpc) is 2.98. The van der Waals surface area contributed by atoms with Crippen LogP contribution >= 0.6 is 0 Å². The molecule has 0 fully saturated rings. The molecule has 0 saturated heterocycles. The van der Waals surface area contributed by atoms with Crippen LogP contribution in [0.15, 0.2) is 48.8 Å². The van der Waals surface area contributed by atoms with E-state index in [4.69, 9.17) is 0 Å². The smallest absolute Gasteiger partial charge is 0.382 e. The van der Waals surface area contributed by atoms with Crippen LogP contribution in [0.25, 0.3) is 11.0 Å². The molecule has 5 nitrogen and oxygen atoms in total. The van der Waals surface area contributed by atoms with Gasteiger partial charge in [-0.1, -0.05) is 18.2 Å². The van der Waals surface area contributed by atoms with Gasteiger partial charge in [0.1, 0.15) is 0 Å². The van der Waals surface area contributed by atoms with Gasteiger partial charge in [-0.15, -0.1) is 0 Å². The van der Waals surface area contributed by atoms with Crippen LogP contribution in [0.4, 0.5) is 19.1 Å². The molecule has 0 amide bonds. The van der Waals surface area contributed by atoms with Gasteiger partial charge in [-0.2, -0.15) is 13.2 Å². The van der Waals surface area contributed by atoms with Crippen molar-refractivity contribution in [2.45, 2.75) is 18.8 Å². The van der Waals surface area contributed by atoms with E-state index in [1.54, 1.807) is 48.8 Å². The van der Waals surface area contributed by atoms with Gasteiger partial charge in [0.05, 0.1) is 17.6 Å². The third kappa shape index (κ3) is 3.65. The summed E-state index contributed by atoms with van der Waals surface area (Å²) >= 11 is 0. The Morgan fingerprint density at radius 3 is 2.62 bits per heavy atom. The zero-order valence-electron chi connectivity index (χ0n) is 12.5. The summed E-state index contributed by atoms with van der Waals surface area (Å²) in [6.07, 6.45) is -4.02. The second kappa shape index (κ2) is 6.48. The van der Waals surface area contributed by atoms with Crippen LogP contribution in [0.2, 0.25) is 0 Å². The van der Waals surface area contributed by atoms with Crippen molar-refractivity contribution in [3.63, 3.8) is 0 Å². The number of pyridine rings is 1. The molecule has 0 saturated carbocycles. The number of halogens is 3. The molecule has 0 bridgehead atoms. The van der Waals surface area contributed by atoms with Crippen LogP contribution in [-0.2, 0) is 6.54 Å². The van der Waals surface area contributed by atoms with E-state index in [9.17, 15) is 18.3 Å². The predicted octanol–water partition coefficient (Wildman–Crippen LogP) is 2.89. The molecule has 8 heteroatoms. The highest BCUT2D eigenvalue weighted by Crippen LogP contribution is 2.24. The van der Waals surface area contributed by atoms with Crippen molar-refractivity contribution < 1.29 is 18.3 Å². The minimum absolute atomic E-state index is 0.140. The number of aliphatic hydroxyl groups excluding tert-OH is 1. The van der Waals surface area contributed by atoms with Crippen LogP contribution < -0.4 is 4.90 Å². The first-order valence-electron chi connectivity index (χ1n) is 7.27. The van der Waals surface area contributed by atoms with E-state index in [1.807, 2.05) is 0 Å². The maximum Gasteiger partial charge on any atom is 0.416 e. The summed E-state index contributed by atoms with van der Waals surface area (Å²) in [4.78, 5) is 12.6. The lowest BCUT2D eigenvalue weighted by atomic mass is 10.2. The first-order chi connectivity index (χ1) is 11.4. The maximum atomic E-state index is 12.7. The summed E-state index contributed by atoms with van der Waals surface area (Å²) in [7, 11) is 0. The van der Waals surface area contributed by atoms with Crippen molar-refractivity contribution in [1.29, 1.82) is 0 Å². The van der Waals surface area contributed by atoms with Crippen LogP contribution in [0.3, 0.4) is 0 Å². The third-order valence-corrected chi connectivity index (χ3v) is 3.54. The van der Waals surface area contributed by atoms with Crippen LogP contribution in [0.5, 0.6) is 0 Å². The van der Waals surface area contributed by atoms with E-state index in [0.29, 0.717) is 16.6 Å². The number of hydrogen-bond donors (Lipinski definition) is 2. The van der Waals surface area contributed by atoms with Gasteiger partial charge in [0.25, 0.3) is 0 Å².